The van der Waals surface area contributed by atoms with Gasteiger partial charge in [-0.2, -0.15) is 0 Å². The van der Waals surface area contributed by atoms with Gasteiger partial charge in [0.05, 0.1) is 5.56 Å². The van der Waals surface area contributed by atoms with Gasteiger partial charge in [0.15, 0.2) is 0 Å². The van der Waals surface area contributed by atoms with E-state index < -0.39 is 18.5 Å². The predicted molar refractivity (Wildman–Crippen MR) is 107 cm³/mol. The maximum Gasteiger partial charge on any atom is 0.329 e. The van der Waals surface area contributed by atoms with Crippen LogP contribution in [0.4, 0.5) is 5.00 Å². The zero-order valence-electron chi connectivity index (χ0n) is 16.2. The van der Waals surface area contributed by atoms with Crippen molar-refractivity contribution in [2.75, 3.05) is 18.5 Å². The Bertz CT molecular complexity index is 739. The summed E-state index contributed by atoms with van der Waals surface area (Å²) < 4.78 is 4.86. The lowest BCUT2D eigenvalue weighted by Gasteiger charge is -2.24. The molecule has 2 aliphatic rings. The largest absolute Gasteiger partial charge is 0.480 e. The summed E-state index contributed by atoms with van der Waals surface area (Å²) in [5, 5.41) is 15.1. The molecule has 1 saturated carbocycles. The normalized spacial score (nSPS) is 19.7. The molecule has 2 aliphatic carbocycles. The van der Waals surface area contributed by atoms with Crippen molar-refractivity contribution >= 4 is 34.1 Å². The average molecular weight is 409 g/mol. The third kappa shape index (κ3) is 5.32. The number of hydrogen-bond acceptors (Lipinski definition) is 5. The van der Waals surface area contributed by atoms with Gasteiger partial charge in [-0.15, -0.1) is 11.3 Å². The van der Waals surface area contributed by atoms with Crippen molar-refractivity contribution in [3.05, 3.63) is 16.0 Å². The van der Waals surface area contributed by atoms with Crippen LogP contribution < -0.4 is 10.6 Å². The molecule has 1 aromatic rings. The third-order valence-electron chi connectivity index (χ3n) is 5.39. The summed E-state index contributed by atoms with van der Waals surface area (Å²) >= 11 is 1.46. The van der Waals surface area contributed by atoms with Crippen LogP contribution in [0.1, 0.15) is 66.2 Å². The smallest absolute Gasteiger partial charge is 0.329 e. The molecule has 3 rings (SSSR count). The van der Waals surface area contributed by atoms with Gasteiger partial charge in [0.1, 0.15) is 18.2 Å². The first-order valence-corrected chi connectivity index (χ1v) is 10.8. The number of carbonyl (C=O) groups is 3. The van der Waals surface area contributed by atoms with E-state index in [4.69, 9.17) is 9.84 Å². The van der Waals surface area contributed by atoms with Crippen LogP contribution in [0.15, 0.2) is 0 Å². The molecule has 28 heavy (non-hydrogen) atoms. The summed E-state index contributed by atoms with van der Waals surface area (Å²) in [6.45, 7) is 1.32. The van der Waals surface area contributed by atoms with Gasteiger partial charge >= 0.3 is 5.97 Å². The summed E-state index contributed by atoms with van der Waals surface area (Å²) in [4.78, 5) is 36.9. The fraction of sp³-hybridized carbons (Fsp3) is 0.650. The van der Waals surface area contributed by atoms with Gasteiger partial charge in [-0.3, -0.25) is 9.59 Å². The molecule has 0 aliphatic heterocycles. The maximum absolute atomic E-state index is 13.1. The number of carboxylic acids is 1. The van der Waals surface area contributed by atoms with E-state index in [1.807, 2.05) is 0 Å². The second-order valence-electron chi connectivity index (χ2n) is 7.80. The number of aliphatic carboxylic acids is 1. The van der Waals surface area contributed by atoms with Crippen LogP contribution in [0, 0.1) is 5.92 Å². The monoisotopic (exact) mass is 408 g/mol. The minimum Gasteiger partial charge on any atom is -0.480 e. The van der Waals surface area contributed by atoms with E-state index in [2.05, 4.69) is 17.6 Å². The number of hydrogen-bond donors (Lipinski definition) is 3. The Balaban J connectivity index is 1.75. The van der Waals surface area contributed by atoms with Gasteiger partial charge < -0.3 is 20.5 Å². The van der Waals surface area contributed by atoms with Crippen LogP contribution in [-0.2, 0) is 27.2 Å². The molecule has 3 N–H and O–H groups in total. The lowest BCUT2D eigenvalue weighted by Crippen LogP contribution is -2.37. The molecule has 0 unspecified atom stereocenters. The van der Waals surface area contributed by atoms with Crippen LogP contribution in [0.5, 0.6) is 0 Å². The molecule has 0 saturated heterocycles. The van der Waals surface area contributed by atoms with Gasteiger partial charge in [-0.05, 0) is 43.6 Å². The number of fused-ring (bicyclic) bond motifs is 1. The average Bonchev–Trinajstić information content (AvgIpc) is 2.98. The number of carbonyl (C=O) groups excluding carboxylic acids is 2. The fourth-order valence-electron chi connectivity index (χ4n) is 3.98. The minimum absolute atomic E-state index is 0.110. The number of nitrogens with one attached hydrogen (secondary N) is 2. The van der Waals surface area contributed by atoms with Crippen molar-refractivity contribution in [2.24, 2.45) is 5.92 Å². The van der Waals surface area contributed by atoms with E-state index in [1.54, 1.807) is 0 Å². The number of anilines is 1. The molecule has 0 bridgehead atoms. The second-order valence-corrected chi connectivity index (χ2v) is 8.90. The SMILES string of the molecule is C[C@H]1CCc2c(sc(NC(=O)COCC(=O)O)c2C(=O)NC2CCCCC2)C1. The van der Waals surface area contributed by atoms with Gasteiger partial charge in [-0.25, -0.2) is 4.79 Å². The molecule has 2 amide bonds. The molecule has 1 fully saturated rings. The first-order chi connectivity index (χ1) is 13.4. The molecule has 8 heteroatoms. The molecule has 0 radical (unpaired) electrons. The van der Waals surface area contributed by atoms with Crippen LogP contribution >= 0.6 is 11.3 Å². The highest BCUT2D eigenvalue weighted by Gasteiger charge is 2.29. The van der Waals surface area contributed by atoms with E-state index >= 15 is 0 Å². The van der Waals surface area contributed by atoms with E-state index in [0.29, 0.717) is 16.5 Å². The Morgan fingerprint density at radius 3 is 2.61 bits per heavy atom. The topological polar surface area (TPSA) is 105 Å². The summed E-state index contributed by atoms with van der Waals surface area (Å²) in [5.41, 5.74) is 1.64. The molecular formula is C20H28N2O5S. The molecule has 7 nitrogen and oxygen atoms in total. The lowest BCUT2D eigenvalue weighted by molar-refractivity contribution is -0.143. The van der Waals surface area contributed by atoms with Crippen LogP contribution in [-0.4, -0.2) is 42.1 Å². The standard InChI is InChI=1S/C20H28N2O5S/c1-12-7-8-14-15(9-12)28-20(22-16(23)10-27-11-17(24)25)18(14)19(26)21-13-5-3-2-4-6-13/h12-13H,2-11H2,1H3,(H,21,26)(H,22,23)(H,24,25)/t12-/m0/s1. The predicted octanol–water partition coefficient (Wildman–Crippen LogP) is 2.98. The van der Waals surface area contributed by atoms with Crippen LogP contribution in [0.3, 0.4) is 0 Å². The van der Waals surface area contributed by atoms with Gasteiger partial charge in [-0.1, -0.05) is 26.2 Å². The minimum atomic E-state index is -1.12. The molecule has 0 spiro atoms. The number of ether oxygens (including phenoxy) is 1. The highest BCUT2D eigenvalue weighted by Crippen LogP contribution is 2.39. The van der Waals surface area contributed by atoms with Crippen molar-refractivity contribution in [2.45, 2.75) is 64.3 Å². The highest BCUT2D eigenvalue weighted by atomic mass is 32.1. The summed E-state index contributed by atoms with van der Waals surface area (Å²) in [6, 6.07) is 0.196. The zero-order valence-corrected chi connectivity index (χ0v) is 17.0. The molecular weight excluding hydrogens is 380 g/mol. The molecule has 1 atom stereocenters. The van der Waals surface area contributed by atoms with Gasteiger partial charge in [0.2, 0.25) is 0 Å². The van der Waals surface area contributed by atoms with Crippen LogP contribution in [0.2, 0.25) is 0 Å². The van der Waals surface area contributed by atoms with Crippen molar-refractivity contribution in [3.63, 3.8) is 0 Å². The zero-order chi connectivity index (χ0) is 20.1. The summed E-state index contributed by atoms with van der Waals surface area (Å²) in [7, 11) is 0. The second kappa shape index (κ2) is 9.52. The number of amides is 2. The Morgan fingerprint density at radius 1 is 1.14 bits per heavy atom. The first-order valence-electron chi connectivity index (χ1n) is 9.98. The van der Waals surface area contributed by atoms with Crippen LogP contribution in [0.25, 0.3) is 0 Å². The van der Waals surface area contributed by atoms with E-state index in [0.717, 1.165) is 55.4 Å². The highest BCUT2D eigenvalue weighted by molar-refractivity contribution is 7.17. The fourth-order valence-corrected chi connectivity index (χ4v) is 5.40. The summed E-state index contributed by atoms with van der Waals surface area (Å²) in [6.07, 6.45) is 8.27. The quantitative estimate of drug-likeness (QED) is 0.643. The molecule has 1 heterocycles. The van der Waals surface area contributed by atoms with Crippen molar-refractivity contribution < 1.29 is 24.2 Å². The number of carboxylic acid groups (broad SMARTS) is 1. The van der Waals surface area contributed by atoms with E-state index in [-0.39, 0.29) is 18.6 Å². The van der Waals surface area contributed by atoms with Gasteiger partial charge in [0.25, 0.3) is 11.8 Å². The lowest BCUT2D eigenvalue weighted by atomic mass is 9.88. The van der Waals surface area contributed by atoms with Crippen molar-refractivity contribution in [1.82, 2.24) is 5.32 Å². The number of rotatable bonds is 7. The first kappa shape index (κ1) is 20.8. The third-order valence-corrected chi connectivity index (χ3v) is 6.56. The number of thiophene rings is 1. The molecule has 1 aromatic heterocycles. The molecule has 154 valence electrons. The molecule has 0 aromatic carbocycles. The Hall–Kier alpha value is -1.93. The van der Waals surface area contributed by atoms with E-state index in [9.17, 15) is 14.4 Å². The van der Waals surface area contributed by atoms with Gasteiger partial charge in [0, 0.05) is 10.9 Å². The van der Waals surface area contributed by atoms with Crippen molar-refractivity contribution in [1.29, 1.82) is 0 Å². The Morgan fingerprint density at radius 2 is 1.89 bits per heavy atom. The Kier molecular flexibility index (Phi) is 7.07. The summed E-state index contributed by atoms with van der Waals surface area (Å²) in [5.74, 6) is -1.12. The Labute approximate surface area is 168 Å². The maximum atomic E-state index is 13.1. The van der Waals surface area contributed by atoms with Crippen molar-refractivity contribution in [3.8, 4) is 0 Å². The van der Waals surface area contributed by atoms with E-state index in [1.165, 1.54) is 17.8 Å².